The molecule has 1 aromatic heterocycles. The van der Waals surface area contributed by atoms with Crippen LogP contribution in [0.5, 0.6) is 0 Å². The molecular formula is C19H20N2O3. The zero-order valence-corrected chi connectivity index (χ0v) is 14.2. The van der Waals surface area contributed by atoms with Crippen LogP contribution in [0.2, 0.25) is 0 Å². The van der Waals surface area contributed by atoms with E-state index in [1.54, 1.807) is 12.1 Å². The van der Waals surface area contributed by atoms with Crippen LogP contribution < -0.4 is 5.32 Å². The van der Waals surface area contributed by atoms with E-state index in [4.69, 9.17) is 9.15 Å². The zero-order valence-electron chi connectivity index (χ0n) is 14.2. The van der Waals surface area contributed by atoms with Gasteiger partial charge in [0.1, 0.15) is 11.1 Å². The number of nitrogens with one attached hydrogen (secondary N) is 1. The molecule has 2 aromatic carbocycles. The monoisotopic (exact) mass is 324 g/mol. The second kappa shape index (κ2) is 6.00. The van der Waals surface area contributed by atoms with Crippen molar-refractivity contribution in [3.05, 3.63) is 48.0 Å². The van der Waals surface area contributed by atoms with Crippen LogP contribution in [-0.4, -0.2) is 16.7 Å². The molecule has 24 heavy (non-hydrogen) atoms. The summed E-state index contributed by atoms with van der Waals surface area (Å²) in [6.07, 6.45) is -0.479. The quantitative estimate of drug-likeness (QED) is 0.708. The second-order valence-corrected chi connectivity index (χ2v) is 6.69. The fourth-order valence-electron chi connectivity index (χ4n) is 2.28. The molecule has 3 rings (SSSR count). The number of aryl methyl sites for hydroxylation is 1. The summed E-state index contributed by atoms with van der Waals surface area (Å²) < 4.78 is 11.0. The number of aromatic nitrogens is 1. The standard InChI is InChI=1S/C19H20N2O3/c1-12-5-10-16-15(11-12)21-17(23-16)13-6-8-14(9-7-13)20-18(22)24-19(2,3)4/h5-11H,1-4H3,(H,20,22). The Kier molecular flexibility index (Phi) is 4.01. The predicted molar refractivity (Wildman–Crippen MR) is 94.0 cm³/mol. The average molecular weight is 324 g/mol. The van der Waals surface area contributed by atoms with E-state index >= 15 is 0 Å². The number of rotatable bonds is 2. The normalized spacial score (nSPS) is 11.5. The highest BCUT2D eigenvalue weighted by Gasteiger charge is 2.16. The van der Waals surface area contributed by atoms with Crippen molar-refractivity contribution < 1.29 is 13.9 Å². The van der Waals surface area contributed by atoms with Gasteiger partial charge in [0, 0.05) is 11.3 Å². The van der Waals surface area contributed by atoms with Crippen molar-refractivity contribution >= 4 is 22.9 Å². The molecule has 3 aromatic rings. The highest BCUT2D eigenvalue weighted by Crippen LogP contribution is 2.26. The summed E-state index contributed by atoms with van der Waals surface area (Å²) in [5.74, 6) is 0.555. The molecule has 0 saturated heterocycles. The predicted octanol–water partition coefficient (Wildman–Crippen LogP) is 5.15. The first kappa shape index (κ1) is 16.1. The summed E-state index contributed by atoms with van der Waals surface area (Å²) in [6, 6.07) is 13.2. The van der Waals surface area contributed by atoms with Crippen molar-refractivity contribution in [2.75, 3.05) is 5.32 Å². The third-order valence-electron chi connectivity index (χ3n) is 3.32. The molecule has 0 atom stereocenters. The molecule has 0 aliphatic carbocycles. The number of oxazole rings is 1. The Balaban J connectivity index is 1.77. The fraction of sp³-hybridized carbons (Fsp3) is 0.263. The van der Waals surface area contributed by atoms with E-state index in [1.807, 2.05) is 58.0 Å². The van der Waals surface area contributed by atoms with Gasteiger partial charge in [0.15, 0.2) is 5.58 Å². The molecule has 5 heteroatoms. The van der Waals surface area contributed by atoms with Gasteiger partial charge < -0.3 is 9.15 Å². The lowest BCUT2D eigenvalue weighted by Gasteiger charge is -2.19. The number of carbonyl (C=O) groups excluding carboxylic acids is 1. The van der Waals surface area contributed by atoms with Crippen molar-refractivity contribution in [2.45, 2.75) is 33.3 Å². The fourth-order valence-corrected chi connectivity index (χ4v) is 2.28. The Morgan fingerprint density at radius 1 is 1.12 bits per heavy atom. The van der Waals surface area contributed by atoms with Crippen molar-refractivity contribution in [3.63, 3.8) is 0 Å². The maximum absolute atomic E-state index is 11.8. The van der Waals surface area contributed by atoms with Crippen molar-refractivity contribution in [2.24, 2.45) is 0 Å². The van der Waals surface area contributed by atoms with Gasteiger partial charge in [-0.2, -0.15) is 0 Å². The number of nitrogens with zero attached hydrogens (tertiary/aromatic N) is 1. The number of hydrogen-bond acceptors (Lipinski definition) is 4. The Morgan fingerprint density at radius 2 is 1.83 bits per heavy atom. The second-order valence-electron chi connectivity index (χ2n) is 6.69. The van der Waals surface area contributed by atoms with Crippen molar-refractivity contribution in [1.29, 1.82) is 0 Å². The van der Waals surface area contributed by atoms with Gasteiger partial charge in [0.25, 0.3) is 0 Å². The van der Waals surface area contributed by atoms with E-state index in [9.17, 15) is 4.79 Å². The van der Waals surface area contributed by atoms with E-state index in [1.165, 1.54) is 0 Å². The van der Waals surface area contributed by atoms with E-state index in [0.717, 1.165) is 22.2 Å². The van der Waals surface area contributed by atoms with Gasteiger partial charge in [-0.15, -0.1) is 0 Å². The van der Waals surface area contributed by atoms with Crippen LogP contribution in [0.25, 0.3) is 22.6 Å². The van der Waals surface area contributed by atoms with Gasteiger partial charge in [-0.05, 0) is 69.7 Å². The largest absolute Gasteiger partial charge is 0.444 e. The number of carbonyl (C=O) groups is 1. The maximum Gasteiger partial charge on any atom is 0.412 e. The number of ether oxygens (including phenoxy) is 1. The Bertz CT molecular complexity index is 874. The summed E-state index contributed by atoms with van der Waals surface area (Å²) in [5, 5.41) is 2.70. The van der Waals surface area contributed by atoms with Crippen LogP contribution in [-0.2, 0) is 4.74 Å². The maximum atomic E-state index is 11.8. The first-order valence-electron chi connectivity index (χ1n) is 7.78. The highest BCUT2D eigenvalue weighted by atomic mass is 16.6. The van der Waals surface area contributed by atoms with Crippen LogP contribution in [0.3, 0.4) is 0 Å². The molecule has 0 radical (unpaired) electrons. The van der Waals surface area contributed by atoms with Crippen molar-refractivity contribution in [1.82, 2.24) is 4.98 Å². The van der Waals surface area contributed by atoms with Crippen LogP contribution in [0.15, 0.2) is 46.9 Å². The van der Waals surface area contributed by atoms with E-state index in [2.05, 4.69) is 10.3 Å². The lowest BCUT2D eigenvalue weighted by Crippen LogP contribution is -2.27. The lowest BCUT2D eigenvalue weighted by molar-refractivity contribution is 0.0636. The number of fused-ring (bicyclic) bond motifs is 1. The smallest absolute Gasteiger partial charge is 0.412 e. The summed E-state index contributed by atoms with van der Waals surface area (Å²) in [5.41, 5.74) is 3.70. The number of anilines is 1. The summed E-state index contributed by atoms with van der Waals surface area (Å²) in [4.78, 5) is 16.3. The zero-order chi connectivity index (χ0) is 17.3. The van der Waals surface area contributed by atoms with E-state index in [-0.39, 0.29) is 0 Å². The minimum Gasteiger partial charge on any atom is -0.444 e. The SMILES string of the molecule is Cc1ccc2oc(-c3ccc(NC(=O)OC(C)(C)C)cc3)nc2c1. The van der Waals surface area contributed by atoms with Gasteiger partial charge in [-0.1, -0.05) is 6.07 Å². The van der Waals surface area contributed by atoms with Crippen LogP contribution >= 0.6 is 0 Å². The molecule has 0 aliphatic rings. The molecule has 0 bridgehead atoms. The summed E-state index contributed by atoms with van der Waals surface area (Å²) >= 11 is 0. The minimum atomic E-state index is -0.527. The molecule has 1 N–H and O–H groups in total. The summed E-state index contributed by atoms with van der Waals surface area (Å²) in [6.45, 7) is 7.49. The molecule has 1 amide bonds. The number of amides is 1. The summed E-state index contributed by atoms with van der Waals surface area (Å²) in [7, 11) is 0. The van der Waals surface area contributed by atoms with Crippen LogP contribution in [0.1, 0.15) is 26.3 Å². The number of hydrogen-bond donors (Lipinski definition) is 1. The van der Waals surface area contributed by atoms with Gasteiger partial charge >= 0.3 is 6.09 Å². The molecule has 0 saturated carbocycles. The molecule has 1 heterocycles. The first-order chi connectivity index (χ1) is 11.3. The Morgan fingerprint density at radius 3 is 2.50 bits per heavy atom. The topological polar surface area (TPSA) is 64.4 Å². The van der Waals surface area contributed by atoms with E-state index < -0.39 is 11.7 Å². The molecule has 0 fully saturated rings. The minimum absolute atomic E-state index is 0.479. The molecular weight excluding hydrogens is 304 g/mol. The molecule has 0 spiro atoms. The lowest BCUT2D eigenvalue weighted by atomic mass is 10.2. The van der Waals surface area contributed by atoms with Gasteiger partial charge in [-0.3, -0.25) is 5.32 Å². The average Bonchev–Trinajstić information content (AvgIpc) is 2.89. The molecule has 0 aliphatic heterocycles. The third-order valence-corrected chi connectivity index (χ3v) is 3.32. The molecule has 5 nitrogen and oxygen atoms in total. The van der Waals surface area contributed by atoms with Gasteiger partial charge in [-0.25, -0.2) is 9.78 Å². The number of benzene rings is 2. The van der Waals surface area contributed by atoms with Gasteiger partial charge in [0.05, 0.1) is 0 Å². The molecule has 0 unspecified atom stereocenters. The van der Waals surface area contributed by atoms with E-state index in [0.29, 0.717) is 11.6 Å². The Labute approximate surface area is 140 Å². The van der Waals surface area contributed by atoms with Crippen LogP contribution in [0.4, 0.5) is 10.5 Å². The van der Waals surface area contributed by atoms with Crippen molar-refractivity contribution in [3.8, 4) is 11.5 Å². The first-order valence-corrected chi connectivity index (χ1v) is 7.78. The highest BCUT2D eigenvalue weighted by molar-refractivity contribution is 5.85. The Hall–Kier alpha value is -2.82. The van der Waals surface area contributed by atoms with Gasteiger partial charge in [0.2, 0.25) is 5.89 Å². The molecule has 124 valence electrons. The van der Waals surface area contributed by atoms with Crippen LogP contribution in [0, 0.1) is 6.92 Å². The third kappa shape index (κ3) is 3.74.